The Balaban J connectivity index is 2.80. The molecule has 1 fully saturated rings. The summed E-state index contributed by atoms with van der Waals surface area (Å²) in [6, 6.07) is 0.490. The van der Waals surface area contributed by atoms with Gasteiger partial charge in [-0.15, -0.1) is 0 Å². The smallest absolute Gasteiger partial charge is 0.141 e. The SMILES string of the molecule is CCC(CC)C(=O)C/C(=N/C1CCCCC1)C(CC)CC. The summed E-state index contributed by atoms with van der Waals surface area (Å²) in [5.41, 5.74) is 1.21. The first-order valence-electron chi connectivity index (χ1n) is 9.25. The first-order valence-corrected chi connectivity index (χ1v) is 9.25. The van der Waals surface area contributed by atoms with Crippen molar-refractivity contribution in [3.63, 3.8) is 0 Å². The highest BCUT2D eigenvalue weighted by molar-refractivity contribution is 6.03. The predicted octanol–water partition coefficient (Wildman–Crippen LogP) is 5.59. The molecule has 0 radical (unpaired) electrons. The van der Waals surface area contributed by atoms with Crippen molar-refractivity contribution in [1.82, 2.24) is 0 Å². The molecule has 1 rings (SSSR count). The van der Waals surface area contributed by atoms with Crippen LogP contribution in [0.2, 0.25) is 0 Å². The predicted molar refractivity (Wildman–Crippen MR) is 92.1 cm³/mol. The molecule has 1 aliphatic carbocycles. The van der Waals surface area contributed by atoms with Gasteiger partial charge < -0.3 is 0 Å². The minimum absolute atomic E-state index is 0.232. The van der Waals surface area contributed by atoms with E-state index in [4.69, 9.17) is 4.99 Å². The van der Waals surface area contributed by atoms with Gasteiger partial charge in [-0.1, -0.05) is 47.0 Å². The van der Waals surface area contributed by atoms with Gasteiger partial charge in [0.05, 0.1) is 0 Å². The van der Waals surface area contributed by atoms with E-state index in [0.717, 1.165) is 25.7 Å². The molecule has 122 valence electrons. The number of carbonyl (C=O) groups is 1. The van der Waals surface area contributed by atoms with E-state index >= 15 is 0 Å². The average molecular weight is 293 g/mol. The van der Waals surface area contributed by atoms with Gasteiger partial charge >= 0.3 is 0 Å². The second kappa shape index (κ2) is 10.1. The molecule has 0 heterocycles. The van der Waals surface area contributed by atoms with Crippen LogP contribution in [0.15, 0.2) is 4.99 Å². The summed E-state index contributed by atoms with van der Waals surface area (Å²) in [6.45, 7) is 8.71. The first-order chi connectivity index (χ1) is 10.2. The van der Waals surface area contributed by atoms with E-state index in [1.54, 1.807) is 0 Å². The minimum Gasteiger partial charge on any atom is -0.299 e. The maximum absolute atomic E-state index is 12.5. The lowest BCUT2D eigenvalue weighted by molar-refractivity contribution is -0.121. The molecule has 0 atom stereocenters. The monoisotopic (exact) mass is 293 g/mol. The van der Waals surface area contributed by atoms with Crippen LogP contribution in [0.1, 0.15) is 91.9 Å². The van der Waals surface area contributed by atoms with E-state index in [0.29, 0.717) is 24.2 Å². The summed E-state index contributed by atoms with van der Waals surface area (Å²) < 4.78 is 0. The number of Topliss-reactive ketones (excluding diaryl/α,β-unsaturated/α-hetero) is 1. The van der Waals surface area contributed by atoms with Gasteiger partial charge in [-0.3, -0.25) is 9.79 Å². The summed E-state index contributed by atoms with van der Waals surface area (Å²) in [5, 5.41) is 0. The zero-order chi connectivity index (χ0) is 15.7. The van der Waals surface area contributed by atoms with Crippen molar-refractivity contribution in [1.29, 1.82) is 0 Å². The Morgan fingerprint density at radius 3 is 1.90 bits per heavy atom. The van der Waals surface area contributed by atoms with E-state index in [9.17, 15) is 4.79 Å². The van der Waals surface area contributed by atoms with Crippen molar-refractivity contribution >= 4 is 11.5 Å². The van der Waals surface area contributed by atoms with Crippen molar-refractivity contribution in [3.8, 4) is 0 Å². The Labute approximate surface area is 131 Å². The molecule has 0 saturated heterocycles. The van der Waals surface area contributed by atoms with Gasteiger partial charge in [0.1, 0.15) is 5.78 Å². The summed E-state index contributed by atoms with van der Waals surface area (Å²) in [7, 11) is 0. The van der Waals surface area contributed by atoms with Crippen molar-refractivity contribution in [2.45, 2.75) is 97.9 Å². The third-order valence-corrected chi connectivity index (χ3v) is 5.18. The molecular weight excluding hydrogens is 258 g/mol. The summed E-state index contributed by atoms with van der Waals surface area (Å²) >= 11 is 0. The van der Waals surface area contributed by atoms with Crippen molar-refractivity contribution < 1.29 is 4.79 Å². The van der Waals surface area contributed by atoms with Crippen LogP contribution in [0.25, 0.3) is 0 Å². The van der Waals surface area contributed by atoms with Crippen molar-refractivity contribution in [2.75, 3.05) is 0 Å². The third-order valence-electron chi connectivity index (χ3n) is 5.18. The largest absolute Gasteiger partial charge is 0.299 e. The molecule has 0 bridgehead atoms. The fraction of sp³-hybridized carbons (Fsp3) is 0.895. The highest BCUT2D eigenvalue weighted by atomic mass is 16.1. The fourth-order valence-electron chi connectivity index (χ4n) is 3.57. The molecule has 0 aromatic rings. The van der Waals surface area contributed by atoms with Crippen LogP contribution >= 0.6 is 0 Å². The molecule has 1 aliphatic rings. The third kappa shape index (κ3) is 5.92. The number of rotatable bonds is 9. The van der Waals surface area contributed by atoms with E-state index < -0.39 is 0 Å². The number of hydrogen-bond acceptors (Lipinski definition) is 2. The van der Waals surface area contributed by atoms with Crippen LogP contribution in [0.4, 0.5) is 0 Å². The average Bonchev–Trinajstić information content (AvgIpc) is 2.50. The van der Waals surface area contributed by atoms with Gasteiger partial charge in [-0.05, 0) is 44.4 Å². The minimum atomic E-state index is 0.232. The molecule has 1 saturated carbocycles. The number of aliphatic imine (C=N–C) groups is 1. The normalized spacial score (nSPS) is 17.7. The molecule has 21 heavy (non-hydrogen) atoms. The zero-order valence-electron chi connectivity index (χ0n) is 14.7. The van der Waals surface area contributed by atoms with Gasteiger partial charge in [0.25, 0.3) is 0 Å². The van der Waals surface area contributed by atoms with E-state index in [1.807, 2.05) is 0 Å². The van der Waals surface area contributed by atoms with Crippen LogP contribution < -0.4 is 0 Å². The number of carbonyl (C=O) groups excluding carboxylic acids is 1. The fourth-order valence-corrected chi connectivity index (χ4v) is 3.57. The van der Waals surface area contributed by atoms with Gasteiger partial charge in [0.15, 0.2) is 0 Å². The second-order valence-electron chi connectivity index (χ2n) is 6.58. The van der Waals surface area contributed by atoms with Crippen LogP contribution in [0.3, 0.4) is 0 Å². The molecule has 2 heteroatoms. The zero-order valence-corrected chi connectivity index (χ0v) is 14.7. The number of hydrogen-bond donors (Lipinski definition) is 0. The number of ketones is 1. The lowest BCUT2D eigenvalue weighted by Crippen LogP contribution is -2.24. The standard InChI is InChI=1S/C19H35NO/c1-5-15(6-2)18(14-19(21)16(7-3)8-4)20-17-12-10-9-11-13-17/h15-17H,5-14H2,1-4H3/b20-18-. The van der Waals surface area contributed by atoms with E-state index in [1.165, 1.54) is 37.8 Å². The molecule has 0 N–H and O–H groups in total. The van der Waals surface area contributed by atoms with Crippen LogP contribution in [0, 0.1) is 11.8 Å². The lowest BCUT2D eigenvalue weighted by Gasteiger charge is -2.23. The highest BCUT2D eigenvalue weighted by Crippen LogP contribution is 2.24. The van der Waals surface area contributed by atoms with E-state index in [2.05, 4.69) is 27.7 Å². The second-order valence-corrected chi connectivity index (χ2v) is 6.58. The van der Waals surface area contributed by atoms with Crippen LogP contribution in [-0.4, -0.2) is 17.5 Å². The van der Waals surface area contributed by atoms with Gasteiger partial charge in [-0.25, -0.2) is 0 Å². The number of nitrogens with zero attached hydrogens (tertiary/aromatic N) is 1. The van der Waals surface area contributed by atoms with Crippen LogP contribution in [-0.2, 0) is 4.79 Å². The maximum atomic E-state index is 12.5. The van der Waals surface area contributed by atoms with Gasteiger partial charge in [0.2, 0.25) is 0 Å². The molecule has 0 aromatic heterocycles. The Hall–Kier alpha value is -0.660. The topological polar surface area (TPSA) is 29.4 Å². The van der Waals surface area contributed by atoms with Crippen molar-refractivity contribution in [3.05, 3.63) is 0 Å². The molecule has 0 amide bonds. The van der Waals surface area contributed by atoms with Gasteiger partial charge in [0, 0.05) is 24.1 Å². The first kappa shape index (κ1) is 18.4. The molecule has 0 spiro atoms. The van der Waals surface area contributed by atoms with Crippen molar-refractivity contribution in [2.24, 2.45) is 16.8 Å². The highest BCUT2D eigenvalue weighted by Gasteiger charge is 2.22. The molecule has 0 unspecified atom stereocenters. The summed E-state index contributed by atoms with van der Waals surface area (Å²) in [6.07, 6.45) is 11.2. The van der Waals surface area contributed by atoms with Crippen LogP contribution in [0.5, 0.6) is 0 Å². The summed E-state index contributed by atoms with van der Waals surface area (Å²) in [4.78, 5) is 17.6. The molecule has 2 nitrogen and oxygen atoms in total. The summed E-state index contributed by atoms with van der Waals surface area (Å²) in [5.74, 6) is 1.16. The molecule has 0 aromatic carbocycles. The molecule has 0 aliphatic heterocycles. The maximum Gasteiger partial charge on any atom is 0.141 e. The lowest BCUT2D eigenvalue weighted by atomic mass is 9.87. The Morgan fingerprint density at radius 2 is 1.43 bits per heavy atom. The Morgan fingerprint density at radius 1 is 0.905 bits per heavy atom. The van der Waals surface area contributed by atoms with E-state index in [-0.39, 0.29) is 5.92 Å². The Bertz CT molecular complexity index is 320. The van der Waals surface area contributed by atoms with Gasteiger partial charge in [-0.2, -0.15) is 0 Å². The Kier molecular flexibility index (Phi) is 8.87. The quantitative estimate of drug-likeness (QED) is 0.509. The molecular formula is C19H35NO.